The molecule has 0 aliphatic rings. The van der Waals surface area contributed by atoms with Crippen LogP contribution in [0.1, 0.15) is 54.9 Å². The van der Waals surface area contributed by atoms with E-state index in [0.29, 0.717) is 10.2 Å². The molecule has 0 fully saturated rings. The Labute approximate surface area is 168 Å². The number of carbonyl (C=O) groups is 2. The Bertz CT molecular complexity index is 715. The lowest BCUT2D eigenvalue weighted by molar-refractivity contribution is -0.119. The Morgan fingerprint density at radius 3 is 2.22 bits per heavy atom. The Kier molecular flexibility index (Phi) is 7.27. The summed E-state index contributed by atoms with van der Waals surface area (Å²) in [7, 11) is 0. The smallest absolute Gasteiger partial charge is 0.408 e. The second-order valence-electron chi connectivity index (χ2n) is 8.44. The van der Waals surface area contributed by atoms with Crippen molar-refractivity contribution in [1.82, 2.24) is 4.90 Å². The van der Waals surface area contributed by atoms with E-state index in [-0.39, 0.29) is 18.2 Å². The Hall–Kier alpha value is -1.83. The average molecular weight is 446 g/mol. The molecule has 0 atom stereocenters. The Balaban J connectivity index is 3.11. The molecule has 0 aliphatic heterocycles. The molecule has 0 aliphatic carbocycles. The second kappa shape index (κ2) is 8.46. The quantitative estimate of drug-likeness (QED) is 0.554. The van der Waals surface area contributed by atoms with E-state index in [1.165, 1.54) is 11.0 Å². The van der Waals surface area contributed by atoms with Gasteiger partial charge in [0.15, 0.2) is 0 Å². The molecule has 0 bridgehead atoms. The molecule has 1 rings (SSSR count). The molecule has 0 saturated carbocycles. The summed E-state index contributed by atoms with van der Waals surface area (Å²) in [6, 6.07) is 2.99. The molecule has 152 valence electrons. The molecule has 0 unspecified atom stereocenters. The van der Waals surface area contributed by atoms with Crippen molar-refractivity contribution in [3.05, 3.63) is 22.4 Å². The van der Waals surface area contributed by atoms with E-state index < -0.39 is 28.9 Å². The first-order valence-electron chi connectivity index (χ1n) is 8.74. The van der Waals surface area contributed by atoms with Gasteiger partial charge < -0.3 is 15.7 Å². The first-order valence-corrected chi connectivity index (χ1v) is 9.53. The predicted octanol–water partition coefficient (Wildman–Crippen LogP) is 5.29. The maximum absolute atomic E-state index is 14.4. The molecule has 6 nitrogen and oxygen atoms in total. The molecule has 3 N–H and O–H groups in total. The van der Waals surface area contributed by atoms with Crippen molar-refractivity contribution in [2.45, 2.75) is 72.0 Å². The number of benzene rings is 1. The third kappa shape index (κ3) is 6.37. The number of hydrogen-bond acceptors (Lipinski definition) is 3. The normalized spacial score (nSPS) is 12.1. The summed E-state index contributed by atoms with van der Waals surface area (Å²) in [6.45, 7) is 12.5. The van der Waals surface area contributed by atoms with Crippen molar-refractivity contribution >= 4 is 39.3 Å². The number of nitrogens with one attached hydrogen (secondary N) is 2. The lowest BCUT2D eigenvalue weighted by Gasteiger charge is -2.44. The van der Waals surface area contributed by atoms with Gasteiger partial charge in [-0.2, -0.15) is 0 Å². The van der Waals surface area contributed by atoms with E-state index >= 15 is 0 Å². The van der Waals surface area contributed by atoms with Gasteiger partial charge in [-0.05, 0) is 60.6 Å². The molecule has 1 aromatic carbocycles. The molecule has 0 spiro atoms. The third-order valence-electron chi connectivity index (χ3n) is 3.82. The Morgan fingerprint density at radius 1 is 1.22 bits per heavy atom. The van der Waals surface area contributed by atoms with Crippen molar-refractivity contribution in [1.29, 1.82) is 0 Å². The summed E-state index contributed by atoms with van der Waals surface area (Å²) in [5, 5.41) is 15.3. The highest BCUT2D eigenvalue weighted by Crippen LogP contribution is 2.32. The molecule has 0 saturated heterocycles. The van der Waals surface area contributed by atoms with Crippen LogP contribution in [0, 0.1) is 5.82 Å². The molecule has 8 heteroatoms. The number of anilines is 2. The maximum atomic E-state index is 14.4. The van der Waals surface area contributed by atoms with Crippen molar-refractivity contribution in [2.75, 3.05) is 10.6 Å². The number of rotatable bonds is 6. The summed E-state index contributed by atoms with van der Waals surface area (Å²) in [6.07, 6.45) is -1.23. The number of carboxylic acid groups (broad SMARTS) is 1. The van der Waals surface area contributed by atoms with Gasteiger partial charge in [0.1, 0.15) is 11.5 Å². The lowest BCUT2D eigenvalue weighted by Crippen LogP contribution is -2.57. The van der Waals surface area contributed by atoms with E-state index in [0.717, 1.165) is 0 Å². The van der Waals surface area contributed by atoms with Crippen LogP contribution in [0.3, 0.4) is 0 Å². The van der Waals surface area contributed by atoms with E-state index in [1.807, 2.05) is 13.8 Å². The number of halogens is 2. The summed E-state index contributed by atoms with van der Waals surface area (Å²) >= 11 is 3.24. The van der Waals surface area contributed by atoms with Crippen LogP contribution in [0.5, 0.6) is 0 Å². The first kappa shape index (κ1) is 23.2. The zero-order valence-corrected chi connectivity index (χ0v) is 18.5. The van der Waals surface area contributed by atoms with Gasteiger partial charge in [-0.25, -0.2) is 9.18 Å². The van der Waals surface area contributed by atoms with Crippen LogP contribution in [-0.4, -0.2) is 39.1 Å². The zero-order chi connectivity index (χ0) is 21.2. The number of amides is 2. The highest BCUT2D eigenvalue weighted by Gasteiger charge is 2.40. The SMILES string of the molecule is CC(C)Nc1cc(Br)cc(F)c1NC(=O)CC(C)(C)N(C(=O)O)C(C)(C)C. The topological polar surface area (TPSA) is 81.7 Å². The van der Waals surface area contributed by atoms with E-state index in [2.05, 4.69) is 26.6 Å². The minimum atomic E-state index is -1.11. The molecule has 0 radical (unpaired) electrons. The van der Waals surface area contributed by atoms with Crippen molar-refractivity contribution < 1.29 is 19.1 Å². The molecular weight excluding hydrogens is 417 g/mol. The van der Waals surface area contributed by atoms with E-state index in [9.17, 15) is 19.1 Å². The molecule has 27 heavy (non-hydrogen) atoms. The fourth-order valence-electron chi connectivity index (χ4n) is 3.23. The van der Waals surface area contributed by atoms with E-state index in [4.69, 9.17) is 0 Å². The summed E-state index contributed by atoms with van der Waals surface area (Å²) in [5.74, 6) is -1.05. The summed E-state index contributed by atoms with van der Waals surface area (Å²) in [4.78, 5) is 25.6. The van der Waals surface area contributed by atoms with Crippen molar-refractivity contribution in [2.24, 2.45) is 0 Å². The van der Waals surface area contributed by atoms with Gasteiger partial charge in [0.2, 0.25) is 5.91 Å². The van der Waals surface area contributed by atoms with Gasteiger partial charge in [0.05, 0.1) is 5.69 Å². The van der Waals surface area contributed by atoms with Crippen LogP contribution >= 0.6 is 15.9 Å². The van der Waals surface area contributed by atoms with Crippen LogP contribution in [0.15, 0.2) is 16.6 Å². The minimum absolute atomic E-state index is 0.0363. The summed E-state index contributed by atoms with van der Waals surface area (Å²) < 4.78 is 15.0. The van der Waals surface area contributed by atoms with Crippen LogP contribution in [0.2, 0.25) is 0 Å². The zero-order valence-electron chi connectivity index (χ0n) is 16.9. The predicted molar refractivity (Wildman–Crippen MR) is 110 cm³/mol. The van der Waals surface area contributed by atoms with Gasteiger partial charge in [0.25, 0.3) is 0 Å². The summed E-state index contributed by atoms with van der Waals surface area (Å²) in [5.41, 5.74) is -1.17. The monoisotopic (exact) mass is 445 g/mol. The van der Waals surface area contributed by atoms with Gasteiger partial charge in [0, 0.05) is 28.0 Å². The molecule has 1 aromatic rings. The number of hydrogen-bond donors (Lipinski definition) is 3. The molecule has 0 aromatic heterocycles. The van der Waals surface area contributed by atoms with Crippen molar-refractivity contribution in [3.8, 4) is 0 Å². The lowest BCUT2D eigenvalue weighted by atomic mass is 9.91. The van der Waals surface area contributed by atoms with Gasteiger partial charge in [-0.15, -0.1) is 0 Å². The maximum Gasteiger partial charge on any atom is 0.408 e. The fourth-order valence-corrected chi connectivity index (χ4v) is 3.66. The largest absolute Gasteiger partial charge is 0.465 e. The van der Waals surface area contributed by atoms with E-state index in [1.54, 1.807) is 40.7 Å². The fraction of sp³-hybridized carbons (Fsp3) is 0.579. The minimum Gasteiger partial charge on any atom is -0.465 e. The third-order valence-corrected chi connectivity index (χ3v) is 4.28. The number of carbonyl (C=O) groups excluding carboxylic acids is 1. The van der Waals surface area contributed by atoms with Gasteiger partial charge in [-0.3, -0.25) is 9.69 Å². The molecule has 2 amide bonds. The highest BCUT2D eigenvalue weighted by molar-refractivity contribution is 9.10. The average Bonchev–Trinajstić information content (AvgIpc) is 2.38. The standard InChI is InChI=1S/C19H29BrFN3O3/c1-11(2)22-14-9-12(20)8-13(21)16(14)23-15(25)10-19(6,7)24(17(26)27)18(3,4)5/h8-9,11,22H,10H2,1-7H3,(H,23,25)(H,26,27). The highest BCUT2D eigenvalue weighted by atomic mass is 79.9. The first-order chi connectivity index (χ1) is 12.1. The number of nitrogens with zero attached hydrogens (tertiary/aromatic N) is 1. The van der Waals surface area contributed by atoms with Crippen LogP contribution in [0.25, 0.3) is 0 Å². The van der Waals surface area contributed by atoms with Gasteiger partial charge in [-0.1, -0.05) is 15.9 Å². The van der Waals surface area contributed by atoms with Crippen molar-refractivity contribution in [3.63, 3.8) is 0 Å². The second-order valence-corrected chi connectivity index (χ2v) is 9.35. The van der Waals surface area contributed by atoms with Crippen LogP contribution in [-0.2, 0) is 4.79 Å². The van der Waals surface area contributed by atoms with Crippen LogP contribution in [0.4, 0.5) is 20.6 Å². The Morgan fingerprint density at radius 2 is 1.78 bits per heavy atom. The molecule has 0 heterocycles. The molecular formula is C19H29BrFN3O3. The van der Waals surface area contributed by atoms with Gasteiger partial charge >= 0.3 is 6.09 Å². The van der Waals surface area contributed by atoms with Crippen LogP contribution < -0.4 is 10.6 Å².